The molecule has 0 fully saturated rings. The van der Waals surface area contributed by atoms with Crippen molar-refractivity contribution in [2.24, 2.45) is 0 Å². The van der Waals surface area contributed by atoms with Gasteiger partial charge in [-0.25, -0.2) is 9.48 Å². The zero-order valence-corrected chi connectivity index (χ0v) is 19.9. The minimum atomic E-state index is -0.967. The Morgan fingerprint density at radius 3 is 2.26 bits per heavy atom. The second-order valence-electron chi connectivity index (χ2n) is 8.15. The van der Waals surface area contributed by atoms with Gasteiger partial charge in [-0.1, -0.05) is 66.7 Å². The first kappa shape index (κ1) is 23.7. The molecule has 1 aromatic heterocycles. The van der Waals surface area contributed by atoms with Crippen LogP contribution in [-0.2, 0) is 14.3 Å². The first-order valence-corrected chi connectivity index (χ1v) is 11.4. The molecule has 0 aliphatic heterocycles. The molecule has 0 bridgehead atoms. The van der Waals surface area contributed by atoms with E-state index in [9.17, 15) is 9.59 Å². The van der Waals surface area contributed by atoms with Crippen molar-refractivity contribution >= 4 is 23.6 Å². The summed E-state index contributed by atoms with van der Waals surface area (Å²) >= 11 is 0. The number of hydrogen-bond acceptors (Lipinski definition) is 4. The Bertz CT molecular complexity index is 1360. The lowest BCUT2D eigenvalue weighted by atomic mass is 10.0. The molecule has 0 saturated carbocycles. The van der Waals surface area contributed by atoms with Gasteiger partial charge in [-0.3, -0.25) is 4.79 Å². The SMILES string of the molecule is Cc1nn(-c2ccccc2)c(C)c1/C=C/C(=O)OC(C)C(=O)Nc1ccccc1-c1ccccc1. The van der Waals surface area contributed by atoms with E-state index in [1.54, 1.807) is 13.0 Å². The van der Waals surface area contributed by atoms with Gasteiger partial charge < -0.3 is 10.1 Å². The summed E-state index contributed by atoms with van der Waals surface area (Å²) in [5.41, 5.74) is 6.00. The zero-order valence-electron chi connectivity index (χ0n) is 19.9. The van der Waals surface area contributed by atoms with Crippen LogP contribution in [0, 0.1) is 13.8 Å². The van der Waals surface area contributed by atoms with Crippen molar-refractivity contribution in [3.63, 3.8) is 0 Å². The number of aromatic nitrogens is 2. The third kappa shape index (κ3) is 5.55. The van der Waals surface area contributed by atoms with Crippen molar-refractivity contribution in [3.8, 4) is 16.8 Å². The monoisotopic (exact) mass is 465 g/mol. The Hall–Kier alpha value is -4.45. The second kappa shape index (κ2) is 10.7. The molecule has 0 spiro atoms. The molecular weight excluding hydrogens is 438 g/mol. The van der Waals surface area contributed by atoms with Gasteiger partial charge in [0.2, 0.25) is 0 Å². The van der Waals surface area contributed by atoms with Crippen molar-refractivity contribution in [2.45, 2.75) is 26.9 Å². The van der Waals surface area contributed by atoms with Crippen LogP contribution in [-0.4, -0.2) is 27.8 Å². The van der Waals surface area contributed by atoms with E-state index in [0.717, 1.165) is 33.8 Å². The number of amides is 1. The number of anilines is 1. The highest BCUT2D eigenvalue weighted by Gasteiger charge is 2.18. The summed E-state index contributed by atoms with van der Waals surface area (Å²) in [5.74, 6) is -1.00. The first-order valence-electron chi connectivity index (χ1n) is 11.4. The van der Waals surface area contributed by atoms with E-state index < -0.39 is 18.0 Å². The number of ether oxygens (including phenoxy) is 1. The topological polar surface area (TPSA) is 73.2 Å². The van der Waals surface area contributed by atoms with E-state index in [1.807, 2.05) is 103 Å². The zero-order chi connectivity index (χ0) is 24.8. The summed E-state index contributed by atoms with van der Waals surface area (Å²) in [5, 5.41) is 7.45. The van der Waals surface area contributed by atoms with Crippen molar-refractivity contribution in [2.75, 3.05) is 5.32 Å². The van der Waals surface area contributed by atoms with Gasteiger partial charge in [0.15, 0.2) is 6.10 Å². The van der Waals surface area contributed by atoms with Gasteiger partial charge in [-0.05, 0) is 50.6 Å². The fourth-order valence-electron chi connectivity index (χ4n) is 3.83. The molecule has 1 N–H and O–H groups in total. The number of nitrogens with one attached hydrogen (secondary N) is 1. The summed E-state index contributed by atoms with van der Waals surface area (Å²) in [7, 11) is 0. The summed E-state index contributed by atoms with van der Waals surface area (Å²) in [6.07, 6.45) is 2.04. The standard InChI is InChI=1S/C29H27N3O3/c1-20-25(21(2)32(31-20)24-14-8-5-9-15-24)18-19-28(33)35-22(3)29(34)30-27-17-11-10-16-26(27)23-12-6-4-7-13-23/h4-19,22H,1-3H3,(H,30,34)/b19-18+. The van der Waals surface area contributed by atoms with Gasteiger partial charge in [0, 0.05) is 28.6 Å². The Morgan fingerprint density at radius 1 is 0.914 bits per heavy atom. The molecule has 6 nitrogen and oxygen atoms in total. The highest BCUT2D eigenvalue weighted by atomic mass is 16.5. The Morgan fingerprint density at radius 2 is 1.54 bits per heavy atom. The molecule has 0 radical (unpaired) electrons. The minimum absolute atomic E-state index is 0.403. The second-order valence-corrected chi connectivity index (χ2v) is 8.15. The fourth-order valence-corrected chi connectivity index (χ4v) is 3.83. The highest BCUT2D eigenvalue weighted by molar-refractivity contribution is 5.99. The van der Waals surface area contributed by atoms with E-state index in [2.05, 4.69) is 10.4 Å². The lowest BCUT2D eigenvalue weighted by molar-refractivity contribution is -0.148. The van der Waals surface area contributed by atoms with E-state index in [4.69, 9.17) is 4.74 Å². The molecule has 35 heavy (non-hydrogen) atoms. The number of esters is 1. The summed E-state index contributed by atoms with van der Waals surface area (Å²) in [4.78, 5) is 25.2. The van der Waals surface area contributed by atoms with Crippen LogP contribution in [0.4, 0.5) is 5.69 Å². The number of nitrogens with zero attached hydrogens (tertiary/aromatic N) is 2. The van der Waals surface area contributed by atoms with Crippen LogP contribution in [0.2, 0.25) is 0 Å². The molecule has 1 amide bonds. The molecule has 0 saturated heterocycles. The van der Waals surface area contributed by atoms with Gasteiger partial charge >= 0.3 is 5.97 Å². The molecule has 1 atom stereocenters. The number of carbonyl (C=O) groups is 2. The Kier molecular flexibility index (Phi) is 7.21. The van der Waals surface area contributed by atoms with Gasteiger partial charge in [0.1, 0.15) is 0 Å². The third-order valence-electron chi connectivity index (χ3n) is 5.67. The average molecular weight is 466 g/mol. The number of benzene rings is 3. The van der Waals surface area contributed by atoms with Crippen LogP contribution in [0.5, 0.6) is 0 Å². The number of para-hydroxylation sites is 2. The normalized spacial score (nSPS) is 11.9. The number of carbonyl (C=O) groups excluding carboxylic acids is 2. The number of aryl methyl sites for hydroxylation is 1. The fraction of sp³-hybridized carbons (Fsp3) is 0.138. The van der Waals surface area contributed by atoms with E-state index in [0.29, 0.717) is 5.69 Å². The number of rotatable bonds is 7. The van der Waals surface area contributed by atoms with Crippen LogP contribution in [0.25, 0.3) is 22.9 Å². The molecule has 6 heteroatoms. The Balaban J connectivity index is 1.42. The molecule has 4 aromatic rings. The summed E-state index contributed by atoms with van der Waals surface area (Å²) in [6, 6.07) is 27.1. The summed E-state index contributed by atoms with van der Waals surface area (Å²) < 4.78 is 7.19. The molecule has 3 aromatic carbocycles. The van der Waals surface area contributed by atoms with E-state index in [1.165, 1.54) is 6.08 Å². The van der Waals surface area contributed by atoms with Crippen molar-refractivity contribution in [3.05, 3.63) is 108 Å². The van der Waals surface area contributed by atoms with Crippen LogP contribution in [0.3, 0.4) is 0 Å². The van der Waals surface area contributed by atoms with Crippen LogP contribution < -0.4 is 5.32 Å². The number of hydrogen-bond donors (Lipinski definition) is 1. The van der Waals surface area contributed by atoms with E-state index >= 15 is 0 Å². The average Bonchev–Trinajstić information content (AvgIpc) is 3.17. The van der Waals surface area contributed by atoms with E-state index in [-0.39, 0.29) is 0 Å². The van der Waals surface area contributed by atoms with Crippen molar-refractivity contribution < 1.29 is 14.3 Å². The molecule has 1 unspecified atom stereocenters. The molecule has 176 valence electrons. The molecule has 1 heterocycles. The Labute approximate surface area is 204 Å². The molecule has 0 aliphatic rings. The maximum atomic E-state index is 12.7. The van der Waals surface area contributed by atoms with Crippen molar-refractivity contribution in [1.29, 1.82) is 0 Å². The predicted molar refractivity (Wildman–Crippen MR) is 138 cm³/mol. The summed E-state index contributed by atoms with van der Waals surface area (Å²) in [6.45, 7) is 5.38. The van der Waals surface area contributed by atoms with Gasteiger partial charge in [0.05, 0.1) is 11.4 Å². The molecular formula is C29H27N3O3. The molecule has 4 rings (SSSR count). The van der Waals surface area contributed by atoms with Crippen LogP contribution >= 0.6 is 0 Å². The van der Waals surface area contributed by atoms with Crippen LogP contribution in [0.15, 0.2) is 91.0 Å². The van der Waals surface area contributed by atoms with Crippen molar-refractivity contribution in [1.82, 2.24) is 9.78 Å². The smallest absolute Gasteiger partial charge is 0.331 e. The predicted octanol–water partition coefficient (Wildman–Crippen LogP) is 5.74. The van der Waals surface area contributed by atoms with Crippen LogP contribution in [0.1, 0.15) is 23.9 Å². The first-order chi connectivity index (χ1) is 16.9. The van der Waals surface area contributed by atoms with Gasteiger partial charge in [-0.15, -0.1) is 0 Å². The lowest BCUT2D eigenvalue weighted by Crippen LogP contribution is -2.29. The maximum Gasteiger partial charge on any atom is 0.331 e. The highest BCUT2D eigenvalue weighted by Crippen LogP contribution is 2.27. The largest absolute Gasteiger partial charge is 0.449 e. The van der Waals surface area contributed by atoms with Gasteiger partial charge in [-0.2, -0.15) is 5.10 Å². The lowest BCUT2D eigenvalue weighted by Gasteiger charge is -2.15. The quantitative estimate of drug-likeness (QED) is 0.279. The molecule has 0 aliphatic carbocycles. The van der Waals surface area contributed by atoms with Gasteiger partial charge in [0.25, 0.3) is 5.91 Å². The third-order valence-corrected chi connectivity index (χ3v) is 5.67. The minimum Gasteiger partial charge on any atom is -0.449 e. The maximum absolute atomic E-state index is 12.7.